The van der Waals surface area contributed by atoms with Crippen molar-refractivity contribution in [3.05, 3.63) is 77.6 Å². The summed E-state index contributed by atoms with van der Waals surface area (Å²) in [5.41, 5.74) is 4.77. The number of nitrogens with zero attached hydrogens (tertiary/aromatic N) is 2. The van der Waals surface area contributed by atoms with Crippen molar-refractivity contribution in [2.24, 2.45) is 0 Å². The number of carbonyl (C=O) groups is 1. The molecule has 0 aliphatic carbocycles. The number of anilines is 1. The summed E-state index contributed by atoms with van der Waals surface area (Å²) in [6.07, 6.45) is 3.72. The Labute approximate surface area is 184 Å². The molecule has 0 bridgehead atoms. The summed E-state index contributed by atoms with van der Waals surface area (Å²) >= 11 is 0. The van der Waals surface area contributed by atoms with Gasteiger partial charge in [-0.3, -0.25) is 4.79 Å². The number of halogens is 1. The maximum absolute atomic E-state index is 13.1. The Balaban J connectivity index is 0.00000256. The molecule has 2 N–H and O–H groups in total. The normalized spacial score (nSPS) is 14.4. The number of hydrogen-bond acceptors (Lipinski definition) is 3. The fourth-order valence-corrected chi connectivity index (χ4v) is 3.95. The van der Waals surface area contributed by atoms with Crippen molar-refractivity contribution >= 4 is 24.0 Å². The van der Waals surface area contributed by atoms with Crippen molar-refractivity contribution in [1.82, 2.24) is 15.1 Å². The van der Waals surface area contributed by atoms with E-state index in [9.17, 15) is 4.79 Å². The Bertz CT molecular complexity index is 961. The lowest BCUT2D eigenvalue weighted by Gasteiger charge is -2.25. The number of rotatable bonds is 5. The van der Waals surface area contributed by atoms with Crippen molar-refractivity contribution in [3.63, 3.8) is 0 Å². The third-order valence-electron chi connectivity index (χ3n) is 5.61. The van der Waals surface area contributed by atoms with Gasteiger partial charge in [0.05, 0.1) is 23.1 Å². The van der Waals surface area contributed by atoms with E-state index in [1.54, 1.807) is 6.20 Å². The molecular weight excluding hydrogens is 396 g/mol. The largest absolute Gasteiger partial charge is 0.322 e. The quantitative estimate of drug-likeness (QED) is 0.596. The van der Waals surface area contributed by atoms with E-state index in [4.69, 9.17) is 0 Å². The van der Waals surface area contributed by atoms with Crippen LogP contribution in [-0.4, -0.2) is 28.8 Å². The monoisotopic (exact) mass is 424 g/mol. The van der Waals surface area contributed by atoms with Gasteiger partial charge in [0.15, 0.2) is 0 Å². The highest BCUT2D eigenvalue weighted by molar-refractivity contribution is 6.05. The summed E-state index contributed by atoms with van der Waals surface area (Å²) in [5, 5.41) is 11.1. The van der Waals surface area contributed by atoms with Gasteiger partial charge in [0.1, 0.15) is 0 Å². The van der Waals surface area contributed by atoms with E-state index in [-0.39, 0.29) is 18.3 Å². The van der Waals surface area contributed by atoms with Crippen molar-refractivity contribution < 1.29 is 4.79 Å². The molecule has 3 aromatic rings. The molecule has 0 unspecified atom stereocenters. The number of amides is 1. The van der Waals surface area contributed by atoms with E-state index in [2.05, 4.69) is 53.8 Å². The van der Waals surface area contributed by atoms with Crippen LogP contribution in [0, 0.1) is 0 Å². The Morgan fingerprint density at radius 1 is 1.07 bits per heavy atom. The summed E-state index contributed by atoms with van der Waals surface area (Å²) in [6.45, 7) is 6.30. The van der Waals surface area contributed by atoms with Gasteiger partial charge in [0, 0.05) is 11.6 Å². The van der Waals surface area contributed by atoms with Crippen molar-refractivity contribution in [3.8, 4) is 5.69 Å². The van der Waals surface area contributed by atoms with Crippen LogP contribution in [0.4, 0.5) is 5.69 Å². The molecule has 158 valence electrons. The summed E-state index contributed by atoms with van der Waals surface area (Å²) in [7, 11) is 0. The van der Waals surface area contributed by atoms with E-state index in [1.165, 1.54) is 5.56 Å². The molecule has 6 heteroatoms. The fourth-order valence-electron chi connectivity index (χ4n) is 3.95. The topological polar surface area (TPSA) is 59.0 Å². The van der Waals surface area contributed by atoms with Gasteiger partial charge in [-0.1, -0.05) is 44.2 Å². The molecule has 0 spiro atoms. The van der Waals surface area contributed by atoms with E-state index in [0.29, 0.717) is 17.4 Å². The molecule has 0 saturated carbocycles. The average molecular weight is 425 g/mol. The van der Waals surface area contributed by atoms with Gasteiger partial charge >= 0.3 is 0 Å². The number of carbonyl (C=O) groups excluding carboxylic acids is 1. The van der Waals surface area contributed by atoms with Crippen LogP contribution >= 0.6 is 12.4 Å². The lowest BCUT2D eigenvalue weighted by molar-refractivity contribution is 0.102. The van der Waals surface area contributed by atoms with E-state index >= 15 is 0 Å². The molecule has 4 rings (SSSR count). The highest BCUT2D eigenvalue weighted by atomic mass is 35.5. The van der Waals surface area contributed by atoms with Gasteiger partial charge in [-0.2, -0.15) is 5.10 Å². The van der Waals surface area contributed by atoms with Crippen LogP contribution < -0.4 is 10.6 Å². The molecule has 2 aromatic carbocycles. The summed E-state index contributed by atoms with van der Waals surface area (Å²) < 4.78 is 1.96. The Morgan fingerprint density at radius 2 is 1.73 bits per heavy atom. The standard InChI is InChI=1S/C24H28N4O.ClH/c1-17(2)18-8-10-21(11-9-18)28-23(19-12-14-25-15-13-19)22(16-26-28)24(29)27-20-6-4-3-5-7-20;/h3-11,16-17,19,25H,12-15H2,1-2H3,(H,27,29);1H. The third-order valence-corrected chi connectivity index (χ3v) is 5.61. The molecular formula is C24H29ClN4O. The van der Waals surface area contributed by atoms with Crippen molar-refractivity contribution in [2.45, 2.75) is 38.5 Å². The molecule has 2 heterocycles. The molecule has 1 aliphatic heterocycles. The zero-order valence-corrected chi connectivity index (χ0v) is 18.3. The van der Waals surface area contributed by atoms with Crippen molar-refractivity contribution in [2.75, 3.05) is 18.4 Å². The number of benzene rings is 2. The summed E-state index contributed by atoms with van der Waals surface area (Å²) in [6, 6.07) is 18.1. The number of nitrogens with one attached hydrogen (secondary N) is 2. The van der Waals surface area contributed by atoms with E-state index in [0.717, 1.165) is 43.0 Å². The molecule has 5 nitrogen and oxygen atoms in total. The summed E-state index contributed by atoms with van der Waals surface area (Å²) in [4.78, 5) is 13.1. The van der Waals surface area contributed by atoms with Gasteiger partial charge < -0.3 is 10.6 Å². The lowest BCUT2D eigenvalue weighted by Crippen LogP contribution is -2.29. The Hall–Kier alpha value is -2.63. The Kier molecular flexibility index (Phi) is 7.29. The van der Waals surface area contributed by atoms with Crippen LogP contribution in [0.5, 0.6) is 0 Å². The van der Waals surface area contributed by atoms with Gasteiger partial charge in [-0.25, -0.2) is 4.68 Å². The first kappa shape index (κ1) is 22.1. The number of para-hydroxylation sites is 1. The first-order chi connectivity index (χ1) is 14.1. The second-order valence-electron chi connectivity index (χ2n) is 7.95. The zero-order valence-electron chi connectivity index (χ0n) is 17.5. The molecule has 30 heavy (non-hydrogen) atoms. The molecule has 1 amide bonds. The van der Waals surface area contributed by atoms with Gasteiger partial charge in [-0.15, -0.1) is 12.4 Å². The minimum Gasteiger partial charge on any atom is -0.322 e. The molecule has 1 aliphatic rings. The molecule has 0 atom stereocenters. The predicted octanol–water partition coefficient (Wildman–Crippen LogP) is 5.14. The lowest BCUT2D eigenvalue weighted by atomic mass is 9.91. The molecule has 1 aromatic heterocycles. The highest BCUT2D eigenvalue weighted by Gasteiger charge is 2.27. The van der Waals surface area contributed by atoms with Crippen LogP contribution in [-0.2, 0) is 0 Å². The number of piperidine rings is 1. The maximum atomic E-state index is 13.1. The third kappa shape index (κ3) is 4.74. The van der Waals surface area contributed by atoms with Crippen LogP contribution in [0.25, 0.3) is 5.69 Å². The number of aromatic nitrogens is 2. The number of hydrogen-bond donors (Lipinski definition) is 2. The minimum absolute atomic E-state index is 0. The van der Waals surface area contributed by atoms with Crippen LogP contribution in [0.3, 0.4) is 0 Å². The van der Waals surface area contributed by atoms with E-state index < -0.39 is 0 Å². The SMILES string of the molecule is CC(C)c1ccc(-n2ncc(C(=O)Nc3ccccc3)c2C2CCNCC2)cc1.Cl. The first-order valence-corrected chi connectivity index (χ1v) is 10.4. The van der Waals surface area contributed by atoms with Gasteiger partial charge in [0.25, 0.3) is 5.91 Å². The molecule has 1 fully saturated rings. The second-order valence-corrected chi connectivity index (χ2v) is 7.95. The smallest absolute Gasteiger partial charge is 0.259 e. The first-order valence-electron chi connectivity index (χ1n) is 10.4. The average Bonchev–Trinajstić information content (AvgIpc) is 3.20. The summed E-state index contributed by atoms with van der Waals surface area (Å²) in [5.74, 6) is 0.688. The molecule has 1 saturated heterocycles. The predicted molar refractivity (Wildman–Crippen MR) is 124 cm³/mol. The zero-order chi connectivity index (χ0) is 20.2. The second kappa shape index (κ2) is 9.92. The van der Waals surface area contributed by atoms with E-state index in [1.807, 2.05) is 35.0 Å². The highest BCUT2D eigenvalue weighted by Crippen LogP contribution is 2.31. The minimum atomic E-state index is -0.102. The van der Waals surface area contributed by atoms with Gasteiger partial charge in [0.2, 0.25) is 0 Å². The molecule has 0 radical (unpaired) electrons. The van der Waals surface area contributed by atoms with Crippen LogP contribution in [0.15, 0.2) is 60.8 Å². The van der Waals surface area contributed by atoms with Crippen molar-refractivity contribution in [1.29, 1.82) is 0 Å². The van der Waals surface area contributed by atoms with Crippen LogP contribution in [0.1, 0.15) is 60.1 Å². The maximum Gasteiger partial charge on any atom is 0.259 e. The Morgan fingerprint density at radius 3 is 2.37 bits per heavy atom. The fraction of sp³-hybridized carbons (Fsp3) is 0.333. The van der Waals surface area contributed by atoms with Crippen LogP contribution in [0.2, 0.25) is 0 Å². The van der Waals surface area contributed by atoms with Gasteiger partial charge in [-0.05, 0) is 61.7 Å².